The maximum atomic E-state index is 12.2. The van der Waals surface area contributed by atoms with Gasteiger partial charge in [0.15, 0.2) is 11.4 Å². The third-order valence-electron chi connectivity index (χ3n) is 3.91. The van der Waals surface area contributed by atoms with Crippen molar-refractivity contribution in [1.82, 2.24) is 15.0 Å². The quantitative estimate of drug-likeness (QED) is 0.706. The molecule has 3 rings (SSSR count). The fourth-order valence-corrected chi connectivity index (χ4v) is 2.42. The van der Waals surface area contributed by atoms with E-state index in [-0.39, 0.29) is 18.0 Å². The van der Waals surface area contributed by atoms with Gasteiger partial charge in [-0.05, 0) is 18.2 Å². The van der Waals surface area contributed by atoms with Gasteiger partial charge in [0.25, 0.3) is 0 Å². The number of nitrogens with one attached hydrogen (secondary N) is 1. The van der Waals surface area contributed by atoms with Crippen LogP contribution in [0, 0.1) is 12.3 Å². The summed E-state index contributed by atoms with van der Waals surface area (Å²) < 4.78 is 1.33. The number of hydrogen-bond acceptors (Lipinski definition) is 6. The summed E-state index contributed by atoms with van der Waals surface area (Å²) >= 11 is 0. The van der Waals surface area contributed by atoms with E-state index >= 15 is 0 Å². The normalized spacial score (nSPS) is 13.8. The van der Waals surface area contributed by atoms with E-state index in [1.165, 1.54) is 10.9 Å². The summed E-state index contributed by atoms with van der Waals surface area (Å²) in [5.41, 5.74) is 0.510. The van der Waals surface area contributed by atoms with E-state index in [9.17, 15) is 9.59 Å². The lowest BCUT2D eigenvalue weighted by molar-refractivity contribution is -0.116. The molecule has 0 radical (unpaired) electrons. The molecule has 0 saturated heterocycles. The van der Waals surface area contributed by atoms with Crippen LogP contribution in [0.5, 0.6) is 0 Å². The van der Waals surface area contributed by atoms with Gasteiger partial charge in [0, 0.05) is 31.4 Å². The summed E-state index contributed by atoms with van der Waals surface area (Å²) in [6.45, 7) is 0. The van der Waals surface area contributed by atoms with Gasteiger partial charge in [0.1, 0.15) is 0 Å². The molecule has 1 aromatic heterocycles. The molecular formula is C17H16N6O3. The molecule has 0 fully saturated rings. The number of anilines is 1. The van der Waals surface area contributed by atoms with Crippen LogP contribution in [-0.4, -0.2) is 37.6 Å². The molecule has 0 unspecified atom stereocenters. The van der Waals surface area contributed by atoms with Crippen molar-refractivity contribution < 1.29 is 14.7 Å². The second-order valence-electron chi connectivity index (χ2n) is 5.84. The first-order chi connectivity index (χ1) is 12.5. The molecule has 2 N–H and O–H groups in total. The van der Waals surface area contributed by atoms with Crippen LogP contribution in [-0.2, 0) is 4.79 Å². The van der Waals surface area contributed by atoms with Crippen LogP contribution in [0.4, 0.5) is 5.69 Å². The highest BCUT2D eigenvalue weighted by Crippen LogP contribution is 2.37. The van der Waals surface area contributed by atoms with Crippen molar-refractivity contribution in [3.63, 3.8) is 0 Å². The number of terminal acetylenes is 1. The van der Waals surface area contributed by atoms with Crippen LogP contribution in [0.1, 0.15) is 36.2 Å². The molecule has 2 aromatic rings. The Bertz CT molecular complexity index is 905. The molecule has 9 heteroatoms. The summed E-state index contributed by atoms with van der Waals surface area (Å²) in [4.78, 5) is 23.0. The number of aromatic nitrogens is 3. The van der Waals surface area contributed by atoms with Gasteiger partial charge in [-0.1, -0.05) is 11.3 Å². The number of benzene rings is 1. The van der Waals surface area contributed by atoms with Crippen LogP contribution in [0.2, 0.25) is 0 Å². The lowest BCUT2D eigenvalue weighted by Crippen LogP contribution is -2.17. The van der Waals surface area contributed by atoms with Crippen LogP contribution in [0.15, 0.2) is 40.7 Å². The van der Waals surface area contributed by atoms with Crippen LogP contribution < -0.4 is 5.32 Å². The van der Waals surface area contributed by atoms with E-state index in [0.717, 1.165) is 0 Å². The predicted molar refractivity (Wildman–Crippen MR) is 91.8 cm³/mol. The molecule has 26 heavy (non-hydrogen) atoms. The number of rotatable bonds is 8. The van der Waals surface area contributed by atoms with E-state index < -0.39 is 11.6 Å². The average Bonchev–Trinajstić information content (AvgIpc) is 3.22. The second kappa shape index (κ2) is 7.14. The zero-order chi connectivity index (χ0) is 18.6. The Balaban J connectivity index is 1.59. The summed E-state index contributed by atoms with van der Waals surface area (Å²) in [6.07, 6.45) is 8.57. The van der Waals surface area contributed by atoms with Gasteiger partial charge in [-0.2, -0.15) is 10.2 Å². The van der Waals surface area contributed by atoms with Crippen LogP contribution >= 0.6 is 0 Å². The first kappa shape index (κ1) is 17.3. The monoisotopic (exact) mass is 352 g/mol. The molecule has 1 aliphatic heterocycles. The highest BCUT2D eigenvalue weighted by molar-refractivity contribution is 5.91. The number of nitrogens with zero attached hydrogens (tertiary/aromatic N) is 5. The van der Waals surface area contributed by atoms with E-state index in [1.54, 1.807) is 24.3 Å². The van der Waals surface area contributed by atoms with Crippen LogP contribution in [0.25, 0.3) is 5.69 Å². The molecule has 0 aliphatic carbocycles. The topological polar surface area (TPSA) is 122 Å². The first-order valence-corrected chi connectivity index (χ1v) is 7.95. The Morgan fingerprint density at radius 2 is 2.12 bits per heavy atom. The Morgan fingerprint density at radius 3 is 2.77 bits per heavy atom. The Kier molecular flexibility index (Phi) is 4.75. The minimum atomic E-state index is -1.16. The van der Waals surface area contributed by atoms with Gasteiger partial charge in [-0.3, -0.25) is 4.79 Å². The average molecular weight is 352 g/mol. The molecule has 1 aromatic carbocycles. The SMILES string of the molecule is C#CCCC1(CCC(=O)Nc2cccc(-n3cc(C(=O)O)nn3)c2)N=N1. The van der Waals surface area contributed by atoms with Gasteiger partial charge >= 0.3 is 5.97 Å². The van der Waals surface area contributed by atoms with E-state index in [4.69, 9.17) is 11.5 Å². The maximum Gasteiger partial charge on any atom is 0.358 e. The number of carboxylic acid groups (broad SMARTS) is 1. The van der Waals surface area contributed by atoms with Crippen molar-refractivity contribution in [2.75, 3.05) is 5.32 Å². The van der Waals surface area contributed by atoms with Crippen molar-refractivity contribution in [3.05, 3.63) is 36.2 Å². The third kappa shape index (κ3) is 4.10. The molecule has 0 bridgehead atoms. The van der Waals surface area contributed by atoms with Gasteiger partial charge in [0.05, 0.1) is 11.9 Å². The molecule has 0 atom stereocenters. The van der Waals surface area contributed by atoms with Crippen molar-refractivity contribution in [1.29, 1.82) is 0 Å². The third-order valence-corrected chi connectivity index (χ3v) is 3.91. The lowest BCUT2D eigenvalue weighted by atomic mass is 10.0. The highest BCUT2D eigenvalue weighted by Gasteiger charge is 2.39. The largest absolute Gasteiger partial charge is 0.476 e. The molecular weight excluding hydrogens is 336 g/mol. The van der Waals surface area contributed by atoms with Gasteiger partial charge < -0.3 is 10.4 Å². The fraction of sp³-hybridized carbons (Fsp3) is 0.294. The molecule has 132 valence electrons. The Hall–Kier alpha value is -3.54. The van der Waals surface area contributed by atoms with E-state index in [0.29, 0.717) is 30.6 Å². The smallest absolute Gasteiger partial charge is 0.358 e. The summed E-state index contributed by atoms with van der Waals surface area (Å²) in [5, 5.41) is 27.0. The van der Waals surface area contributed by atoms with Gasteiger partial charge in [-0.25, -0.2) is 9.48 Å². The number of aromatic carboxylic acids is 1. The fourth-order valence-electron chi connectivity index (χ4n) is 2.42. The molecule has 9 nitrogen and oxygen atoms in total. The van der Waals surface area contributed by atoms with Crippen molar-refractivity contribution >= 4 is 17.6 Å². The molecule has 1 amide bonds. The molecule has 1 aliphatic rings. The van der Waals surface area contributed by atoms with Crippen molar-refractivity contribution in [2.45, 2.75) is 31.3 Å². The minimum absolute atomic E-state index is 0.159. The van der Waals surface area contributed by atoms with Crippen molar-refractivity contribution in [3.8, 4) is 18.0 Å². The number of carbonyl (C=O) groups is 2. The maximum absolute atomic E-state index is 12.2. The second-order valence-corrected chi connectivity index (χ2v) is 5.84. The molecule has 2 heterocycles. The Morgan fingerprint density at radius 1 is 1.31 bits per heavy atom. The summed E-state index contributed by atoms with van der Waals surface area (Å²) in [7, 11) is 0. The molecule has 0 saturated carbocycles. The number of carbonyl (C=O) groups excluding carboxylic acids is 1. The number of amides is 1. The predicted octanol–water partition coefficient (Wildman–Crippen LogP) is 2.26. The Labute approximate surface area is 149 Å². The standard InChI is InChI=1S/C17H16N6O3/c1-2-3-8-17(20-21-17)9-7-15(24)18-12-5-4-6-13(10-12)23-11-14(16(25)26)19-22-23/h1,4-6,10-11H,3,7-9H2,(H,18,24)(H,25,26). The van der Waals surface area contributed by atoms with Gasteiger partial charge in [-0.15, -0.1) is 17.4 Å². The summed E-state index contributed by atoms with van der Waals surface area (Å²) in [6, 6.07) is 6.87. The minimum Gasteiger partial charge on any atom is -0.476 e. The highest BCUT2D eigenvalue weighted by atomic mass is 16.4. The van der Waals surface area contributed by atoms with Crippen LogP contribution in [0.3, 0.4) is 0 Å². The number of hydrogen-bond donors (Lipinski definition) is 2. The van der Waals surface area contributed by atoms with E-state index in [1.807, 2.05) is 0 Å². The lowest BCUT2D eigenvalue weighted by Gasteiger charge is -2.10. The number of carboxylic acids is 1. The zero-order valence-electron chi connectivity index (χ0n) is 13.8. The van der Waals surface area contributed by atoms with Gasteiger partial charge in [0.2, 0.25) is 5.91 Å². The molecule has 0 spiro atoms. The van der Waals surface area contributed by atoms with E-state index in [2.05, 4.69) is 31.8 Å². The summed E-state index contributed by atoms with van der Waals surface area (Å²) in [5.74, 6) is 1.23. The van der Waals surface area contributed by atoms with Crippen molar-refractivity contribution in [2.24, 2.45) is 10.2 Å². The zero-order valence-corrected chi connectivity index (χ0v) is 13.8. The first-order valence-electron chi connectivity index (χ1n) is 7.95.